The highest BCUT2D eigenvalue weighted by Gasteiger charge is 2.30. The minimum Gasteiger partial charge on any atom is -0.465 e. The fraction of sp³-hybridized carbons (Fsp3) is 0.733. The van der Waals surface area contributed by atoms with Gasteiger partial charge in [0.1, 0.15) is 11.5 Å². The van der Waals surface area contributed by atoms with Crippen molar-refractivity contribution in [2.75, 3.05) is 13.6 Å². The zero-order valence-electron chi connectivity index (χ0n) is 11.9. The van der Waals surface area contributed by atoms with Crippen LogP contribution >= 0.6 is 0 Å². The van der Waals surface area contributed by atoms with Crippen LogP contribution in [-0.4, -0.2) is 24.5 Å². The summed E-state index contributed by atoms with van der Waals surface area (Å²) in [6.07, 6.45) is 5.20. The molecular weight excluding hydrogens is 224 g/mol. The maximum atomic E-state index is 5.92. The van der Waals surface area contributed by atoms with Gasteiger partial charge in [0.05, 0.1) is 6.04 Å². The molecule has 0 amide bonds. The van der Waals surface area contributed by atoms with Gasteiger partial charge in [0.25, 0.3) is 0 Å². The molecular formula is C15H26N2O. The lowest BCUT2D eigenvalue weighted by molar-refractivity contribution is 0.0890. The van der Waals surface area contributed by atoms with Crippen molar-refractivity contribution < 1.29 is 4.42 Å². The maximum absolute atomic E-state index is 5.92. The zero-order valence-corrected chi connectivity index (χ0v) is 11.9. The van der Waals surface area contributed by atoms with Crippen molar-refractivity contribution in [2.45, 2.75) is 51.6 Å². The van der Waals surface area contributed by atoms with Gasteiger partial charge in [0.2, 0.25) is 0 Å². The summed E-state index contributed by atoms with van der Waals surface area (Å²) in [5.74, 6) is 2.70. The Morgan fingerprint density at radius 1 is 1.39 bits per heavy atom. The highest BCUT2D eigenvalue weighted by molar-refractivity contribution is 5.09. The molecule has 18 heavy (non-hydrogen) atoms. The molecule has 1 heterocycles. The van der Waals surface area contributed by atoms with E-state index >= 15 is 0 Å². The molecule has 0 aliphatic heterocycles. The number of hydrogen-bond acceptors (Lipinski definition) is 3. The first-order valence-corrected chi connectivity index (χ1v) is 7.11. The summed E-state index contributed by atoms with van der Waals surface area (Å²) in [6, 6.07) is 5.07. The van der Waals surface area contributed by atoms with Crippen LogP contribution in [0.2, 0.25) is 0 Å². The Kier molecular flexibility index (Phi) is 4.46. The molecule has 1 aromatic heterocycles. The predicted molar refractivity (Wildman–Crippen MR) is 74.4 cm³/mol. The van der Waals surface area contributed by atoms with E-state index in [1.807, 2.05) is 13.0 Å². The summed E-state index contributed by atoms with van der Waals surface area (Å²) in [6.45, 7) is 5.03. The number of aryl methyl sites for hydroxylation is 1. The van der Waals surface area contributed by atoms with Crippen molar-refractivity contribution in [3.05, 3.63) is 23.7 Å². The average molecular weight is 250 g/mol. The number of nitrogens with two attached hydrogens (primary N) is 1. The first-order chi connectivity index (χ1) is 8.63. The van der Waals surface area contributed by atoms with E-state index in [1.165, 1.54) is 25.7 Å². The molecule has 1 aromatic rings. The van der Waals surface area contributed by atoms with Crippen molar-refractivity contribution in [1.29, 1.82) is 0 Å². The lowest BCUT2D eigenvalue weighted by Gasteiger charge is -2.40. The summed E-state index contributed by atoms with van der Waals surface area (Å²) >= 11 is 0. The van der Waals surface area contributed by atoms with Crippen LogP contribution in [0.5, 0.6) is 0 Å². The molecule has 102 valence electrons. The molecule has 1 aliphatic rings. The van der Waals surface area contributed by atoms with Crippen LogP contribution in [0.4, 0.5) is 0 Å². The third kappa shape index (κ3) is 2.78. The van der Waals surface area contributed by atoms with Gasteiger partial charge in [-0.3, -0.25) is 4.90 Å². The predicted octanol–water partition coefficient (Wildman–Crippen LogP) is 3.10. The van der Waals surface area contributed by atoms with E-state index in [9.17, 15) is 0 Å². The van der Waals surface area contributed by atoms with Crippen molar-refractivity contribution in [3.8, 4) is 0 Å². The topological polar surface area (TPSA) is 42.4 Å². The average Bonchev–Trinajstić information content (AvgIpc) is 2.83. The van der Waals surface area contributed by atoms with E-state index in [1.54, 1.807) is 0 Å². The van der Waals surface area contributed by atoms with Crippen molar-refractivity contribution in [2.24, 2.45) is 11.7 Å². The normalized spacial score (nSPS) is 26.5. The molecule has 0 bridgehead atoms. The van der Waals surface area contributed by atoms with Gasteiger partial charge in [-0.25, -0.2) is 0 Å². The molecule has 3 nitrogen and oxygen atoms in total. The largest absolute Gasteiger partial charge is 0.465 e. The van der Waals surface area contributed by atoms with Crippen LogP contribution in [0.25, 0.3) is 0 Å². The van der Waals surface area contributed by atoms with Crippen LogP contribution in [0.15, 0.2) is 16.5 Å². The Morgan fingerprint density at radius 2 is 2.11 bits per heavy atom. The van der Waals surface area contributed by atoms with Gasteiger partial charge >= 0.3 is 0 Å². The number of hydrogen-bond donors (Lipinski definition) is 1. The van der Waals surface area contributed by atoms with Crippen molar-refractivity contribution in [3.63, 3.8) is 0 Å². The standard InChI is InChI=1S/C15H26N2O/c1-11-8-9-15(18-11)12(2)17(3)14-7-5-4-6-13(14)10-16/h8-9,12-14H,4-7,10,16H2,1-3H3. The minimum absolute atomic E-state index is 0.329. The first kappa shape index (κ1) is 13.6. The van der Waals surface area contributed by atoms with Crippen molar-refractivity contribution >= 4 is 0 Å². The SMILES string of the molecule is Cc1ccc(C(C)N(C)C2CCCCC2CN)o1. The van der Waals surface area contributed by atoms with E-state index in [2.05, 4.69) is 24.9 Å². The van der Waals surface area contributed by atoms with E-state index < -0.39 is 0 Å². The van der Waals surface area contributed by atoms with Gasteiger partial charge in [-0.15, -0.1) is 0 Å². The second-order valence-electron chi connectivity index (χ2n) is 5.64. The molecule has 1 saturated carbocycles. The summed E-state index contributed by atoms with van der Waals surface area (Å²) in [4.78, 5) is 2.45. The number of furan rings is 1. The van der Waals surface area contributed by atoms with E-state index in [4.69, 9.17) is 10.2 Å². The van der Waals surface area contributed by atoms with Gasteiger partial charge in [-0.2, -0.15) is 0 Å². The van der Waals surface area contributed by atoms with Crippen LogP contribution in [-0.2, 0) is 0 Å². The number of nitrogens with zero attached hydrogens (tertiary/aromatic N) is 1. The lowest BCUT2D eigenvalue weighted by atomic mass is 9.83. The second kappa shape index (κ2) is 5.89. The molecule has 1 aliphatic carbocycles. The van der Waals surface area contributed by atoms with E-state index in [-0.39, 0.29) is 0 Å². The minimum atomic E-state index is 0.329. The van der Waals surface area contributed by atoms with Crippen LogP contribution in [0.3, 0.4) is 0 Å². The molecule has 0 spiro atoms. The first-order valence-electron chi connectivity index (χ1n) is 7.11. The van der Waals surface area contributed by atoms with Gasteiger partial charge in [0, 0.05) is 6.04 Å². The molecule has 0 radical (unpaired) electrons. The van der Waals surface area contributed by atoms with Crippen LogP contribution in [0.1, 0.15) is 50.2 Å². The fourth-order valence-corrected chi connectivity index (χ4v) is 3.17. The van der Waals surface area contributed by atoms with Gasteiger partial charge in [-0.1, -0.05) is 12.8 Å². The fourth-order valence-electron chi connectivity index (χ4n) is 3.17. The van der Waals surface area contributed by atoms with Gasteiger partial charge < -0.3 is 10.2 Å². The van der Waals surface area contributed by atoms with Gasteiger partial charge in [-0.05, 0) is 58.3 Å². The van der Waals surface area contributed by atoms with Crippen molar-refractivity contribution in [1.82, 2.24) is 4.90 Å². The van der Waals surface area contributed by atoms with E-state index in [0.29, 0.717) is 18.0 Å². The Labute approximate surface area is 110 Å². The Hall–Kier alpha value is -0.800. The molecule has 3 unspecified atom stereocenters. The quantitative estimate of drug-likeness (QED) is 0.893. The maximum Gasteiger partial charge on any atom is 0.121 e. The summed E-state index contributed by atoms with van der Waals surface area (Å²) < 4.78 is 5.75. The molecule has 3 heteroatoms. The molecule has 2 rings (SSSR count). The van der Waals surface area contributed by atoms with Gasteiger partial charge in [0.15, 0.2) is 0 Å². The summed E-state index contributed by atoms with van der Waals surface area (Å²) in [7, 11) is 2.21. The zero-order chi connectivity index (χ0) is 13.1. The summed E-state index contributed by atoms with van der Waals surface area (Å²) in [5, 5.41) is 0. The van der Waals surface area contributed by atoms with E-state index in [0.717, 1.165) is 18.1 Å². The highest BCUT2D eigenvalue weighted by atomic mass is 16.3. The molecule has 0 aromatic carbocycles. The Bertz CT molecular complexity index is 374. The molecule has 0 saturated heterocycles. The smallest absolute Gasteiger partial charge is 0.121 e. The lowest BCUT2D eigenvalue weighted by Crippen LogP contribution is -2.44. The third-order valence-corrected chi connectivity index (χ3v) is 4.48. The molecule has 3 atom stereocenters. The monoisotopic (exact) mass is 250 g/mol. The highest BCUT2D eigenvalue weighted by Crippen LogP contribution is 2.32. The summed E-state index contributed by atoms with van der Waals surface area (Å²) in [5.41, 5.74) is 5.92. The Balaban J connectivity index is 2.07. The molecule has 1 fully saturated rings. The second-order valence-corrected chi connectivity index (χ2v) is 5.64. The van der Waals surface area contributed by atoms with Crippen LogP contribution < -0.4 is 5.73 Å². The third-order valence-electron chi connectivity index (χ3n) is 4.48. The van der Waals surface area contributed by atoms with Crippen LogP contribution in [0, 0.1) is 12.8 Å². The molecule has 2 N–H and O–H groups in total. The Morgan fingerprint density at radius 3 is 2.72 bits per heavy atom. The number of rotatable bonds is 4.